The van der Waals surface area contributed by atoms with E-state index in [9.17, 15) is 9.90 Å². The van der Waals surface area contributed by atoms with Gasteiger partial charge in [-0.25, -0.2) is 9.97 Å². The third-order valence-corrected chi connectivity index (χ3v) is 4.14. The number of carbonyl (C=O) groups is 1. The molecular weight excluding hydrogens is 330 g/mol. The lowest BCUT2D eigenvalue weighted by Gasteiger charge is -2.25. The van der Waals surface area contributed by atoms with Crippen molar-refractivity contribution in [1.29, 1.82) is 0 Å². The van der Waals surface area contributed by atoms with Crippen molar-refractivity contribution < 1.29 is 9.90 Å². The Labute approximate surface area is 151 Å². The molecule has 1 N–H and O–H groups in total. The van der Waals surface area contributed by atoms with E-state index in [4.69, 9.17) is 0 Å². The second-order valence-corrected chi connectivity index (χ2v) is 6.19. The molecule has 0 fully saturated rings. The van der Waals surface area contributed by atoms with Gasteiger partial charge < -0.3 is 10.0 Å². The van der Waals surface area contributed by atoms with Gasteiger partial charge in [-0.15, -0.1) is 0 Å². The van der Waals surface area contributed by atoms with Gasteiger partial charge in [-0.05, 0) is 17.7 Å². The summed E-state index contributed by atoms with van der Waals surface area (Å²) in [5.74, 6) is -0.880. The van der Waals surface area contributed by atoms with E-state index < -0.39 is 11.9 Å². The fourth-order valence-electron chi connectivity index (χ4n) is 2.70. The van der Waals surface area contributed by atoms with Crippen LogP contribution in [0.15, 0.2) is 54.9 Å². The van der Waals surface area contributed by atoms with E-state index in [1.54, 1.807) is 24.0 Å². The van der Waals surface area contributed by atoms with Crippen LogP contribution in [-0.4, -0.2) is 37.4 Å². The Morgan fingerprint density at radius 2 is 1.96 bits per heavy atom. The van der Waals surface area contributed by atoms with Crippen LogP contribution in [0.25, 0.3) is 11.4 Å². The van der Waals surface area contributed by atoms with Crippen LogP contribution in [-0.2, 0) is 18.4 Å². The molecule has 3 rings (SSSR count). The summed E-state index contributed by atoms with van der Waals surface area (Å²) in [6, 6.07) is 13.6. The number of aliphatic carboxylic acids is 1. The molecule has 3 aromatic rings. The molecule has 134 valence electrons. The molecule has 0 aliphatic carbocycles. The van der Waals surface area contributed by atoms with E-state index in [2.05, 4.69) is 15.1 Å². The first-order valence-corrected chi connectivity index (χ1v) is 8.37. The molecule has 1 aromatic carbocycles. The molecule has 0 amide bonds. The topological polar surface area (TPSA) is 84.1 Å². The van der Waals surface area contributed by atoms with Crippen LogP contribution in [0.3, 0.4) is 0 Å². The van der Waals surface area contributed by atoms with E-state index in [0.717, 1.165) is 17.0 Å². The van der Waals surface area contributed by atoms with Crippen molar-refractivity contribution >= 4 is 11.9 Å². The van der Waals surface area contributed by atoms with Crippen molar-refractivity contribution in [2.24, 2.45) is 13.0 Å². The number of hydrogen-bond donors (Lipinski definition) is 1. The average molecular weight is 351 g/mol. The minimum Gasteiger partial charge on any atom is -0.481 e. The largest absolute Gasteiger partial charge is 0.481 e. The number of aryl methyl sites for hydroxylation is 1. The van der Waals surface area contributed by atoms with Crippen molar-refractivity contribution in [2.75, 3.05) is 11.4 Å². The van der Waals surface area contributed by atoms with Gasteiger partial charge in [-0.3, -0.25) is 9.48 Å². The normalized spacial score (nSPS) is 11.9. The number of hydrogen-bond acceptors (Lipinski definition) is 5. The van der Waals surface area contributed by atoms with Crippen LogP contribution in [0, 0.1) is 5.92 Å². The molecule has 1 atom stereocenters. The summed E-state index contributed by atoms with van der Waals surface area (Å²) in [6.07, 6.45) is 3.40. The minimum absolute atomic E-state index is 0.319. The maximum absolute atomic E-state index is 11.3. The second-order valence-electron chi connectivity index (χ2n) is 6.19. The highest BCUT2D eigenvalue weighted by Crippen LogP contribution is 2.20. The number of carboxylic acid groups (broad SMARTS) is 1. The lowest BCUT2D eigenvalue weighted by molar-refractivity contribution is -0.140. The summed E-state index contributed by atoms with van der Waals surface area (Å²) < 4.78 is 1.74. The highest BCUT2D eigenvalue weighted by atomic mass is 16.4. The standard InChI is InChI=1S/C19H21N5O2/c1-14(18(25)26)12-24(13-15-6-4-3-5-7-15)19-20-10-8-16(22-19)17-9-11-21-23(17)2/h3-11,14H,12-13H2,1-2H3,(H,25,26). The number of rotatable bonds is 7. The second kappa shape index (κ2) is 7.77. The van der Waals surface area contributed by atoms with E-state index in [1.165, 1.54) is 0 Å². The minimum atomic E-state index is -0.842. The molecule has 0 saturated heterocycles. The number of benzene rings is 1. The van der Waals surface area contributed by atoms with Gasteiger partial charge in [-0.1, -0.05) is 37.3 Å². The zero-order valence-corrected chi connectivity index (χ0v) is 14.8. The van der Waals surface area contributed by atoms with Gasteiger partial charge in [0.15, 0.2) is 0 Å². The van der Waals surface area contributed by atoms with Crippen molar-refractivity contribution in [3.63, 3.8) is 0 Å². The van der Waals surface area contributed by atoms with Crippen molar-refractivity contribution in [1.82, 2.24) is 19.7 Å². The van der Waals surface area contributed by atoms with E-state index in [0.29, 0.717) is 19.0 Å². The van der Waals surface area contributed by atoms with Crippen LogP contribution in [0.4, 0.5) is 5.95 Å². The Kier molecular flexibility index (Phi) is 5.26. The van der Waals surface area contributed by atoms with Gasteiger partial charge in [0.1, 0.15) is 0 Å². The molecule has 7 heteroatoms. The van der Waals surface area contributed by atoms with Gasteiger partial charge in [0.25, 0.3) is 0 Å². The van der Waals surface area contributed by atoms with Crippen LogP contribution >= 0.6 is 0 Å². The Morgan fingerprint density at radius 3 is 2.62 bits per heavy atom. The molecule has 0 saturated carbocycles. The predicted molar refractivity (Wildman–Crippen MR) is 98.5 cm³/mol. The Morgan fingerprint density at radius 1 is 1.19 bits per heavy atom. The summed E-state index contributed by atoms with van der Waals surface area (Å²) >= 11 is 0. The highest BCUT2D eigenvalue weighted by molar-refractivity contribution is 5.70. The third-order valence-electron chi connectivity index (χ3n) is 4.14. The zero-order valence-electron chi connectivity index (χ0n) is 14.8. The van der Waals surface area contributed by atoms with Gasteiger partial charge >= 0.3 is 5.97 Å². The Bertz CT molecular complexity index is 878. The van der Waals surface area contributed by atoms with Crippen molar-refractivity contribution in [3.05, 3.63) is 60.4 Å². The first kappa shape index (κ1) is 17.6. The lowest BCUT2D eigenvalue weighted by atomic mass is 10.1. The summed E-state index contributed by atoms with van der Waals surface area (Å²) in [5.41, 5.74) is 2.69. The van der Waals surface area contributed by atoms with Gasteiger partial charge in [0.2, 0.25) is 5.95 Å². The smallest absolute Gasteiger partial charge is 0.308 e. The molecule has 7 nitrogen and oxygen atoms in total. The van der Waals surface area contributed by atoms with Gasteiger partial charge in [0, 0.05) is 32.5 Å². The molecule has 0 spiro atoms. The number of anilines is 1. The fraction of sp³-hybridized carbons (Fsp3) is 0.263. The number of aromatic nitrogens is 4. The zero-order chi connectivity index (χ0) is 18.5. The molecule has 0 radical (unpaired) electrons. The first-order chi connectivity index (χ1) is 12.5. The van der Waals surface area contributed by atoms with Crippen LogP contribution < -0.4 is 4.90 Å². The molecular formula is C19H21N5O2. The lowest BCUT2D eigenvalue weighted by Crippen LogP contribution is -2.32. The Hall–Kier alpha value is -3.22. The maximum Gasteiger partial charge on any atom is 0.308 e. The first-order valence-electron chi connectivity index (χ1n) is 8.37. The highest BCUT2D eigenvalue weighted by Gasteiger charge is 2.19. The van der Waals surface area contributed by atoms with Gasteiger partial charge in [-0.2, -0.15) is 5.10 Å². The van der Waals surface area contributed by atoms with Crippen molar-refractivity contribution in [2.45, 2.75) is 13.5 Å². The Balaban J connectivity index is 1.93. The monoisotopic (exact) mass is 351 g/mol. The quantitative estimate of drug-likeness (QED) is 0.704. The van der Waals surface area contributed by atoms with Crippen molar-refractivity contribution in [3.8, 4) is 11.4 Å². The predicted octanol–water partition coefficient (Wildman–Crippen LogP) is 2.60. The molecule has 0 bridgehead atoms. The van der Waals surface area contributed by atoms with Gasteiger partial charge in [0.05, 0.1) is 17.3 Å². The molecule has 2 heterocycles. The van der Waals surface area contributed by atoms with Crippen LogP contribution in [0.2, 0.25) is 0 Å². The van der Waals surface area contributed by atoms with E-state index in [1.807, 2.05) is 54.4 Å². The van der Waals surface area contributed by atoms with E-state index in [-0.39, 0.29) is 0 Å². The summed E-state index contributed by atoms with van der Waals surface area (Å²) in [7, 11) is 1.85. The molecule has 1 unspecified atom stereocenters. The maximum atomic E-state index is 11.3. The average Bonchev–Trinajstić information content (AvgIpc) is 3.08. The molecule has 26 heavy (non-hydrogen) atoms. The summed E-state index contributed by atoms with van der Waals surface area (Å²) in [4.78, 5) is 22.3. The SMILES string of the molecule is CC(CN(Cc1ccccc1)c1nccc(-c2ccnn2C)n1)C(=O)O. The summed E-state index contributed by atoms with van der Waals surface area (Å²) in [5, 5.41) is 13.5. The summed E-state index contributed by atoms with van der Waals surface area (Å²) in [6.45, 7) is 2.54. The van der Waals surface area contributed by atoms with E-state index >= 15 is 0 Å². The molecule has 0 aliphatic heterocycles. The number of nitrogens with zero attached hydrogens (tertiary/aromatic N) is 5. The number of carboxylic acids is 1. The molecule has 0 aliphatic rings. The van der Waals surface area contributed by atoms with Crippen LogP contribution in [0.1, 0.15) is 12.5 Å². The molecule has 2 aromatic heterocycles. The fourth-order valence-corrected chi connectivity index (χ4v) is 2.70. The third kappa shape index (κ3) is 4.05. The van der Waals surface area contributed by atoms with Crippen LogP contribution in [0.5, 0.6) is 0 Å².